The van der Waals surface area contributed by atoms with Crippen LogP contribution in [-0.4, -0.2) is 34.2 Å². The number of aliphatic carboxylic acids is 1. The van der Waals surface area contributed by atoms with Gasteiger partial charge in [0.1, 0.15) is 6.26 Å². The lowest BCUT2D eigenvalue weighted by Crippen LogP contribution is -2.35. The van der Waals surface area contributed by atoms with Crippen molar-refractivity contribution in [2.75, 3.05) is 13.1 Å². The highest BCUT2D eigenvalue weighted by Crippen LogP contribution is 2.20. The van der Waals surface area contributed by atoms with Crippen LogP contribution in [-0.2, 0) is 11.3 Å². The molecule has 1 fully saturated rings. The van der Waals surface area contributed by atoms with Crippen LogP contribution < -0.4 is 0 Å². The van der Waals surface area contributed by atoms with Gasteiger partial charge in [-0.2, -0.15) is 0 Å². The van der Waals surface area contributed by atoms with Gasteiger partial charge in [-0.05, 0) is 25.3 Å². The Hall–Kier alpha value is -1.36. The van der Waals surface area contributed by atoms with E-state index in [4.69, 9.17) is 9.63 Å². The van der Waals surface area contributed by atoms with Gasteiger partial charge in [0.15, 0.2) is 0 Å². The first kappa shape index (κ1) is 11.1. The number of carboxylic acids is 1. The molecule has 0 aliphatic carbocycles. The second kappa shape index (κ2) is 5.12. The summed E-state index contributed by atoms with van der Waals surface area (Å²) in [5.74, 6) is -0.414. The first-order chi connectivity index (χ1) is 7.74. The Kier molecular flexibility index (Phi) is 3.56. The number of likely N-dealkylation sites (tertiary alicyclic amines) is 1. The molecule has 1 aromatic rings. The summed E-state index contributed by atoms with van der Waals surface area (Å²) in [7, 11) is 0. The van der Waals surface area contributed by atoms with Gasteiger partial charge in [0.25, 0.3) is 0 Å². The van der Waals surface area contributed by atoms with Crippen molar-refractivity contribution in [2.24, 2.45) is 5.92 Å². The third-order valence-electron chi connectivity index (χ3n) is 2.96. The molecule has 0 radical (unpaired) electrons. The van der Waals surface area contributed by atoms with E-state index in [2.05, 4.69) is 10.1 Å². The SMILES string of the molecule is O=C(O)CC1CCCN(Cc2cnoc2)C1. The van der Waals surface area contributed by atoms with Crippen LogP contribution in [0.25, 0.3) is 0 Å². The van der Waals surface area contributed by atoms with Crippen molar-refractivity contribution < 1.29 is 14.4 Å². The molecule has 88 valence electrons. The fourth-order valence-corrected chi connectivity index (χ4v) is 2.27. The molecule has 1 unspecified atom stereocenters. The minimum Gasteiger partial charge on any atom is -0.481 e. The largest absolute Gasteiger partial charge is 0.481 e. The Labute approximate surface area is 94.0 Å². The maximum absolute atomic E-state index is 10.6. The predicted octanol–water partition coefficient (Wildman–Crippen LogP) is 1.36. The molecule has 0 bridgehead atoms. The lowest BCUT2D eigenvalue weighted by Gasteiger charge is -2.31. The lowest BCUT2D eigenvalue weighted by molar-refractivity contribution is -0.138. The summed E-state index contributed by atoms with van der Waals surface area (Å²) in [5, 5.41) is 12.4. The first-order valence-corrected chi connectivity index (χ1v) is 5.56. The summed E-state index contributed by atoms with van der Waals surface area (Å²) in [6.45, 7) is 2.69. The predicted molar refractivity (Wildman–Crippen MR) is 56.8 cm³/mol. The molecule has 1 N–H and O–H groups in total. The highest BCUT2D eigenvalue weighted by molar-refractivity contribution is 5.67. The molecule has 1 atom stereocenters. The molecule has 5 nitrogen and oxygen atoms in total. The molecule has 1 aromatic heterocycles. The van der Waals surface area contributed by atoms with E-state index in [9.17, 15) is 4.79 Å². The molecule has 5 heteroatoms. The second-order valence-electron chi connectivity index (χ2n) is 4.37. The van der Waals surface area contributed by atoms with Crippen LogP contribution in [0, 0.1) is 5.92 Å². The molecule has 0 amide bonds. The molecule has 1 aliphatic heterocycles. The Morgan fingerprint density at radius 1 is 1.69 bits per heavy atom. The fraction of sp³-hybridized carbons (Fsp3) is 0.636. The van der Waals surface area contributed by atoms with Gasteiger partial charge < -0.3 is 9.63 Å². The van der Waals surface area contributed by atoms with E-state index < -0.39 is 5.97 Å². The van der Waals surface area contributed by atoms with Crippen LogP contribution in [0.5, 0.6) is 0 Å². The monoisotopic (exact) mass is 224 g/mol. The Morgan fingerprint density at radius 3 is 3.25 bits per heavy atom. The maximum atomic E-state index is 10.6. The smallest absolute Gasteiger partial charge is 0.303 e. The number of carboxylic acid groups (broad SMARTS) is 1. The summed E-state index contributed by atoms with van der Waals surface area (Å²) in [6, 6.07) is 0. The Morgan fingerprint density at radius 2 is 2.56 bits per heavy atom. The van der Waals surface area contributed by atoms with Crippen LogP contribution in [0.15, 0.2) is 17.0 Å². The molecule has 2 heterocycles. The Bertz CT molecular complexity index is 337. The van der Waals surface area contributed by atoms with Crippen molar-refractivity contribution in [3.05, 3.63) is 18.0 Å². The van der Waals surface area contributed by atoms with Crippen molar-refractivity contribution in [3.8, 4) is 0 Å². The minimum absolute atomic E-state index is 0.278. The van der Waals surface area contributed by atoms with Crippen LogP contribution in [0.2, 0.25) is 0 Å². The summed E-state index contributed by atoms with van der Waals surface area (Å²) < 4.78 is 4.78. The second-order valence-corrected chi connectivity index (χ2v) is 4.37. The van der Waals surface area contributed by atoms with E-state index in [1.807, 2.05) is 0 Å². The maximum Gasteiger partial charge on any atom is 0.303 e. The van der Waals surface area contributed by atoms with Crippen molar-refractivity contribution in [1.82, 2.24) is 10.1 Å². The van der Waals surface area contributed by atoms with Gasteiger partial charge >= 0.3 is 5.97 Å². The van der Waals surface area contributed by atoms with Gasteiger partial charge in [0.05, 0.1) is 6.20 Å². The normalized spacial score (nSPS) is 22.1. The van der Waals surface area contributed by atoms with E-state index in [-0.39, 0.29) is 12.3 Å². The number of aromatic nitrogens is 1. The fourth-order valence-electron chi connectivity index (χ4n) is 2.27. The van der Waals surface area contributed by atoms with E-state index in [1.54, 1.807) is 12.5 Å². The Balaban J connectivity index is 1.84. The molecule has 0 saturated carbocycles. The quantitative estimate of drug-likeness (QED) is 0.836. The lowest BCUT2D eigenvalue weighted by atomic mass is 9.95. The zero-order chi connectivity index (χ0) is 11.4. The molecular formula is C11H16N2O3. The van der Waals surface area contributed by atoms with Gasteiger partial charge in [-0.3, -0.25) is 9.69 Å². The van der Waals surface area contributed by atoms with E-state index >= 15 is 0 Å². The summed E-state index contributed by atoms with van der Waals surface area (Å²) in [4.78, 5) is 12.9. The third-order valence-corrected chi connectivity index (χ3v) is 2.96. The standard InChI is InChI=1S/C11H16N2O3/c14-11(15)4-9-2-1-3-13(6-9)7-10-5-12-16-8-10/h5,8-9H,1-4,6-7H2,(H,14,15). The average Bonchev–Trinajstić information content (AvgIpc) is 2.70. The number of carbonyl (C=O) groups is 1. The van der Waals surface area contributed by atoms with Crippen molar-refractivity contribution >= 4 is 5.97 Å². The van der Waals surface area contributed by atoms with Gasteiger partial charge in [-0.25, -0.2) is 0 Å². The van der Waals surface area contributed by atoms with Crippen molar-refractivity contribution in [3.63, 3.8) is 0 Å². The molecule has 0 spiro atoms. The van der Waals surface area contributed by atoms with E-state index in [0.29, 0.717) is 0 Å². The molecule has 2 rings (SSSR count). The number of piperidine rings is 1. The van der Waals surface area contributed by atoms with E-state index in [1.165, 1.54) is 0 Å². The molecular weight excluding hydrogens is 208 g/mol. The van der Waals surface area contributed by atoms with Crippen molar-refractivity contribution in [2.45, 2.75) is 25.8 Å². The number of rotatable bonds is 4. The number of hydrogen-bond donors (Lipinski definition) is 1. The topological polar surface area (TPSA) is 66.6 Å². The summed E-state index contributed by atoms with van der Waals surface area (Å²) in [6.07, 6.45) is 5.72. The van der Waals surface area contributed by atoms with Crippen LogP contribution >= 0.6 is 0 Å². The third kappa shape index (κ3) is 3.06. The van der Waals surface area contributed by atoms with Gasteiger partial charge in [-0.15, -0.1) is 0 Å². The van der Waals surface area contributed by atoms with Gasteiger partial charge in [-0.1, -0.05) is 5.16 Å². The average molecular weight is 224 g/mol. The first-order valence-electron chi connectivity index (χ1n) is 5.56. The van der Waals surface area contributed by atoms with Crippen LogP contribution in [0.4, 0.5) is 0 Å². The van der Waals surface area contributed by atoms with Crippen LogP contribution in [0.1, 0.15) is 24.8 Å². The molecule has 1 aliphatic rings. The highest BCUT2D eigenvalue weighted by atomic mass is 16.5. The summed E-state index contributed by atoms with van der Waals surface area (Å²) in [5.41, 5.74) is 1.05. The number of hydrogen-bond acceptors (Lipinski definition) is 4. The molecule has 0 aromatic carbocycles. The van der Waals surface area contributed by atoms with Crippen molar-refractivity contribution in [1.29, 1.82) is 0 Å². The van der Waals surface area contributed by atoms with E-state index in [0.717, 1.165) is 38.0 Å². The van der Waals surface area contributed by atoms with Gasteiger partial charge in [0.2, 0.25) is 0 Å². The van der Waals surface area contributed by atoms with Crippen LogP contribution in [0.3, 0.4) is 0 Å². The highest BCUT2D eigenvalue weighted by Gasteiger charge is 2.22. The van der Waals surface area contributed by atoms with Gasteiger partial charge in [0, 0.05) is 25.1 Å². The molecule has 1 saturated heterocycles. The zero-order valence-corrected chi connectivity index (χ0v) is 9.13. The zero-order valence-electron chi connectivity index (χ0n) is 9.13. The summed E-state index contributed by atoms with van der Waals surface area (Å²) >= 11 is 0. The minimum atomic E-state index is -0.697. The number of nitrogens with zero attached hydrogens (tertiary/aromatic N) is 2. The molecule has 16 heavy (non-hydrogen) atoms.